The fourth-order valence-electron chi connectivity index (χ4n) is 1.63. The van der Waals surface area contributed by atoms with Crippen molar-refractivity contribution >= 4 is 33.4 Å². The van der Waals surface area contributed by atoms with Gasteiger partial charge in [0, 0.05) is 22.6 Å². The highest BCUT2D eigenvalue weighted by Crippen LogP contribution is 2.24. The summed E-state index contributed by atoms with van der Waals surface area (Å²) in [7, 11) is 0. The molecule has 4 heteroatoms. The van der Waals surface area contributed by atoms with E-state index in [1.807, 2.05) is 18.7 Å². The van der Waals surface area contributed by atoms with Crippen molar-refractivity contribution in [2.45, 2.75) is 33.2 Å². The molecule has 0 saturated carbocycles. The van der Waals surface area contributed by atoms with Gasteiger partial charge in [0.25, 0.3) is 5.91 Å². The second kappa shape index (κ2) is 6.41. The number of carbonyl (C=O) groups is 1. The lowest BCUT2D eigenvalue weighted by atomic mass is 10.1. The Bertz CT molecular complexity index is 406. The van der Waals surface area contributed by atoms with Crippen LogP contribution in [0.25, 0.3) is 0 Å². The summed E-state index contributed by atoms with van der Waals surface area (Å²) in [6, 6.07) is 5.51. The number of rotatable bonds is 4. The Morgan fingerprint density at radius 3 is 2.59 bits per heavy atom. The molecular weight excluding hydrogens is 302 g/mol. The average Bonchev–Trinajstić information content (AvgIpc) is 2.28. The first kappa shape index (κ1) is 14.5. The van der Waals surface area contributed by atoms with E-state index in [1.165, 1.54) is 0 Å². The van der Waals surface area contributed by atoms with Crippen LogP contribution in [0.4, 0.5) is 0 Å². The lowest BCUT2D eigenvalue weighted by Gasteiger charge is -2.26. The van der Waals surface area contributed by atoms with E-state index in [2.05, 4.69) is 22.9 Å². The minimum absolute atomic E-state index is 0.0382. The molecule has 0 N–H and O–H groups in total. The quantitative estimate of drug-likeness (QED) is 0.807. The van der Waals surface area contributed by atoms with Crippen molar-refractivity contribution in [1.29, 1.82) is 0 Å². The molecule has 0 aliphatic carbocycles. The number of nitrogens with zero attached hydrogens (tertiary/aromatic N) is 1. The number of halogens is 2. The Morgan fingerprint density at radius 1 is 1.47 bits per heavy atom. The van der Waals surface area contributed by atoms with Crippen molar-refractivity contribution in [1.82, 2.24) is 4.90 Å². The maximum Gasteiger partial charge on any atom is 0.254 e. The Hall–Kier alpha value is -0.540. The van der Waals surface area contributed by atoms with E-state index in [0.29, 0.717) is 10.6 Å². The molecule has 0 spiro atoms. The Kier molecular flexibility index (Phi) is 5.47. The van der Waals surface area contributed by atoms with E-state index in [0.717, 1.165) is 17.4 Å². The van der Waals surface area contributed by atoms with Crippen LogP contribution in [-0.4, -0.2) is 23.4 Å². The van der Waals surface area contributed by atoms with Gasteiger partial charge in [-0.3, -0.25) is 4.79 Å². The van der Waals surface area contributed by atoms with E-state index in [1.54, 1.807) is 18.2 Å². The molecule has 2 nitrogen and oxygen atoms in total. The molecule has 1 aromatic rings. The van der Waals surface area contributed by atoms with Crippen LogP contribution >= 0.6 is 27.5 Å². The normalized spacial score (nSPS) is 10.7. The van der Waals surface area contributed by atoms with Crippen molar-refractivity contribution in [2.75, 3.05) is 6.54 Å². The zero-order chi connectivity index (χ0) is 13.0. The largest absolute Gasteiger partial charge is 0.336 e. The van der Waals surface area contributed by atoms with Crippen molar-refractivity contribution in [3.8, 4) is 0 Å². The van der Waals surface area contributed by atoms with Crippen LogP contribution in [-0.2, 0) is 0 Å². The van der Waals surface area contributed by atoms with E-state index >= 15 is 0 Å². The maximum absolute atomic E-state index is 12.3. The first-order valence-electron chi connectivity index (χ1n) is 5.73. The van der Waals surface area contributed by atoms with Crippen molar-refractivity contribution < 1.29 is 4.79 Å². The average molecular weight is 319 g/mol. The van der Waals surface area contributed by atoms with Crippen LogP contribution in [0.2, 0.25) is 5.02 Å². The van der Waals surface area contributed by atoms with Gasteiger partial charge in [0.2, 0.25) is 0 Å². The molecule has 94 valence electrons. The van der Waals surface area contributed by atoms with E-state index in [4.69, 9.17) is 11.6 Å². The van der Waals surface area contributed by atoms with Crippen molar-refractivity contribution in [3.63, 3.8) is 0 Å². The van der Waals surface area contributed by atoms with E-state index < -0.39 is 0 Å². The van der Waals surface area contributed by atoms with Crippen LogP contribution in [0.5, 0.6) is 0 Å². The van der Waals surface area contributed by atoms with Crippen LogP contribution in [0.15, 0.2) is 22.7 Å². The third-order valence-electron chi connectivity index (χ3n) is 2.52. The summed E-state index contributed by atoms with van der Waals surface area (Å²) in [5.74, 6) is 0.0382. The maximum atomic E-state index is 12.3. The highest BCUT2D eigenvalue weighted by atomic mass is 79.9. The van der Waals surface area contributed by atoms with E-state index in [9.17, 15) is 4.79 Å². The molecule has 0 atom stereocenters. The van der Waals surface area contributed by atoms with Gasteiger partial charge in [0.1, 0.15) is 0 Å². The van der Waals surface area contributed by atoms with Crippen LogP contribution in [0.3, 0.4) is 0 Å². The van der Waals surface area contributed by atoms with E-state index in [-0.39, 0.29) is 11.9 Å². The zero-order valence-electron chi connectivity index (χ0n) is 10.3. The summed E-state index contributed by atoms with van der Waals surface area (Å²) in [4.78, 5) is 14.2. The molecule has 1 aromatic carbocycles. The zero-order valence-corrected chi connectivity index (χ0v) is 12.7. The van der Waals surface area contributed by atoms with Gasteiger partial charge in [-0.1, -0.05) is 18.5 Å². The molecule has 0 aromatic heterocycles. The standard InChI is InChI=1S/C13H17BrClNO/c1-4-7-16(9(2)3)13(17)10-5-6-11(14)12(15)8-10/h5-6,8-9H,4,7H2,1-3H3. The highest BCUT2D eigenvalue weighted by Gasteiger charge is 2.18. The fraction of sp³-hybridized carbons (Fsp3) is 0.462. The minimum Gasteiger partial charge on any atom is -0.336 e. The third-order valence-corrected chi connectivity index (χ3v) is 3.75. The molecule has 0 bridgehead atoms. The molecule has 0 aliphatic rings. The molecular formula is C13H17BrClNO. The van der Waals surface area contributed by atoms with Crippen LogP contribution < -0.4 is 0 Å². The summed E-state index contributed by atoms with van der Waals surface area (Å²) >= 11 is 9.32. The molecule has 0 aliphatic heterocycles. The van der Waals surface area contributed by atoms with Gasteiger partial charge in [0.15, 0.2) is 0 Å². The molecule has 0 radical (unpaired) electrons. The molecule has 1 amide bonds. The predicted molar refractivity (Wildman–Crippen MR) is 75.6 cm³/mol. The topological polar surface area (TPSA) is 20.3 Å². The van der Waals surface area contributed by atoms with Gasteiger partial charge >= 0.3 is 0 Å². The summed E-state index contributed by atoms with van der Waals surface area (Å²) in [6.45, 7) is 6.88. The molecule has 0 unspecified atom stereocenters. The smallest absolute Gasteiger partial charge is 0.254 e. The second-order valence-corrected chi connectivity index (χ2v) is 5.48. The predicted octanol–water partition coefficient (Wildman–Crippen LogP) is 4.36. The van der Waals surface area contributed by atoms with Gasteiger partial charge in [-0.2, -0.15) is 0 Å². The van der Waals surface area contributed by atoms with Crippen LogP contribution in [0.1, 0.15) is 37.6 Å². The van der Waals surface area contributed by atoms with Crippen molar-refractivity contribution in [2.24, 2.45) is 0 Å². The van der Waals surface area contributed by atoms with Crippen molar-refractivity contribution in [3.05, 3.63) is 33.3 Å². The first-order valence-corrected chi connectivity index (χ1v) is 6.90. The Labute approximate surface area is 116 Å². The van der Waals surface area contributed by atoms with Gasteiger partial charge in [-0.15, -0.1) is 0 Å². The summed E-state index contributed by atoms with van der Waals surface area (Å²) in [6.07, 6.45) is 0.953. The first-order chi connectivity index (χ1) is 7.97. The highest BCUT2D eigenvalue weighted by molar-refractivity contribution is 9.10. The van der Waals surface area contributed by atoms with Gasteiger partial charge in [0.05, 0.1) is 5.02 Å². The van der Waals surface area contributed by atoms with Gasteiger partial charge in [-0.05, 0) is 54.4 Å². The lowest BCUT2D eigenvalue weighted by Crippen LogP contribution is -2.37. The minimum atomic E-state index is 0.0382. The van der Waals surface area contributed by atoms with Crippen LogP contribution in [0, 0.1) is 0 Å². The number of benzene rings is 1. The molecule has 0 fully saturated rings. The lowest BCUT2D eigenvalue weighted by molar-refractivity contribution is 0.0706. The SMILES string of the molecule is CCCN(C(=O)c1ccc(Br)c(Cl)c1)C(C)C. The summed E-state index contributed by atoms with van der Waals surface area (Å²) in [5.41, 5.74) is 0.639. The molecule has 0 saturated heterocycles. The Morgan fingerprint density at radius 2 is 2.12 bits per heavy atom. The molecule has 1 rings (SSSR count). The number of carbonyl (C=O) groups excluding carboxylic acids is 1. The second-order valence-electron chi connectivity index (χ2n) is 4.22. The molecule has 0 heterocycles. The Balaban J connectivity index is 2.97. The van der Waals surface area contributed by atoms with Gasteiger partial charge < -0.3 is 4.90 Å². The third kappa shape index (κ3) is 3.71. The summed E-state index contributed by atoms with van der Waals surface area (Å²) < 4.78 is 0.808. The number of amides is 1. The number of hydrogen-bond acceptors (Lipinski definition) is 1. The summed E-state index contributed by atoms with van der Waals surface area (Å²) in [5, 5.41) is 0.566. The number of hydrogen-bond donors (Lipinski definition) is 0. The van der Waals surface area contributed by atoms with Gasteiger partial charge in [-0.25, -0.2) is 0 Å². The monoisotopic (exact) mass is 317 g/mol. The fourth-order valence-corrected chi connectivity index (χ4v) is 2.06. The molecule has 17 heavy (non-hydrogen) atoms.